The van der Waals surface area contributed by atoms with Crippen molar-refractivity contribution in [2.45, 2.75) is 110 Å². The molecule has 1 saturated heterocycles. The zero-order chi connectivity index (χ0) is 25.0. The maximum absolute atomic E-state index is 14.3. The first-order valence-corrected chi connectivity index (χ1v) is 14.0. The van der Waals surface area contributed by atoms with Crippen LogP contribution in [0, 0.1) is 39.9 Å². The van der Waals surface area contributed by atoms with Gasteiger partial charge in [-0.05, 0) is 61.3 Å². The number of aliphatic hydroxyl groups excluding tert-OH is 1. The van der Waals surface area contributed by atoms with Crippen LogP contribution in [0.3, 0.4) is 0 Å². The van der Waals surface area contributed by atoms with E-state index in [9.17, 15) is 9.90 Å². The van der Waals surface area contributed by atoms with E-state index in [-0.39, 0.29) is 34.9 Å². The highest BCUT2D eigenvalue weighted by Crippen LogP contribution is 2.70. The minimum atomic E-state index is -0.940. The van der Waals surface area contributed by atoms with Crippen LogP contribution in [0.15, 0.2) is 36.0 Å². The highest BCUT2D eigenvalue weighted by Gasteiger charge is 2.76. The zero-order valence-electron chi connectivity index (χ0n) is 22.3. The molecule has 0 amide bonds. The topological polar surface area (TPSA) is 55.8 Å². The molecule has 4 saturated carbocycles. The van der Waals surface area contributed by atoms with Crippen molar-refractivity contribution in [1.82, 2.24) is 0 Å². The minimum Gasteiger partial charge on any atom is -0.393 e. The highest BCUT2D eigenvalue weighted by molar-refractivity contribution is 5.90. The summed E-state index contributed by atoms with van der Waals surface area (Å²) in [6, 6.07) is 0. The van der Waals surface area contributed by atoms with Gasteiger partial charge >= 0.3 is 0 Å². The second-order valence-electron chi connectivity index (χ2n) is 14.3. The molecule has 5 aliphatic carbocycles. The SMILES string of the molecule is C=C1C=C[C@@]2(C)C(=C1)CC[C@@H]1[C@@H]2[C@@H](O)C[C@@]2(C)[C@H]1C[C@H]1O[C@@H](C3CCC3)O[C@]12C(=O)CC(C)(C)C. The molecule has 192 valence electrons. The number of ether oxygens (including phenoxy) is 2. The third-order valence-electron chi connectivity index (χ3n) is 11.0. The molecule has 4 heteroatoms. The van der Waals surface area contributed by atoms with Crippen LogP contribution in [-0.4, -0.2) is 35.0 Å². The van der Waals surface area contributed by atoms with Crippen LogP contribution in [0.4, 0.5) is 0 Å². The Labute approximate surface area is 211 Å². The fourth-order valence-electron chi connectivity index (χ4n) is 9.21. The van der Waals surface area contributed by atoms with Crippen LogP contribution in [0.5, 0.6) is 0 Å². The molecule has 0 bridgehead atoms. The molecule has 1 heterocycles. The Morgan fingerprint density at radius 1 is 1.23 bits per heavy atom. The smallest absolute Gasteiger partial charge is 0.168 e. The van der Waals surface area contributed by atoms with Crippen molar-refractivity contribution >= 4 is 5.78 Å². The van der Waals surface area contributed by atoms with Gasteiger partial charge in [-0.1, -0.05) is 71.4 Å². The Balaban J connectivity index is 1.40. The molecule has 1 N–H and O–H groups in total. The molecule has 0 unspecified atom stereocenters. The van der Waals surface area contributed by atoms with E-state index in [1.165, 1.54) is 12.0 Å². The van der Waals surface area contributed by atoms with Crippen LogP contribution in [0.1, 0.15) is 86.0 Å². The maximum atomic E-state index is 14.3. The molecule has 35 heavy (non-hydrogen) atoms. The van der Waals surface area contributed by atoms with Crippen molar-refractivity contribution in [3.8, 4) is 0 Å². The normalized spacial score (nSPS) is 49.0. The molecular weight excluding hydrogens is 436 g/mol. The Morgan fingerprint density at radius 3 is 2.63 bits per heavy atom. The lowest BCUT2D eigenvalue weighted by molar-refractivity contribution is -0.212. The van der Waals surface area contributed by atoms with Crippen LogP contribution >= 0.6 is 0 Å². The Bertz CT molecular complexity index is 998. The summed E-state index contributed by atoms with van der Waals surface area (Å²) in [4.78, 5) is 14.3. The lowest BCUT2D eigenvalue weighted by atomic mass is 9.46. The first-order chi connectivity index (χ1) is 16.4. The van der Waals surface area contributed by atoms with Crippen molar-refractivity contribution in [3.05, 3.63) is 36.0 Å². The lowest BCUT2D eigenvalue weighted by Crippen LogP contribution is -2.63. The van der Waals surface area contributed by atoms with Crippen molar-refractivity contribution < 1.29 is 19.4 Å². The third-order valence-corrected chi connectivity index (χ3v) is 11.0. The van der Waals surface area contributed by atoms with Gasteiger partial charge in [-0.2, -0.15) is 0 Å². The van der Waals surface area contributed by atoms with Gasteiger partial charge in [0, 0.05) is 29.1 Å². The molecule has 0 spiro atoms. The average Bonchev–Trinajstić information content (AvgIpc) is 3.19. The van der Waals surface area contributed by atoms with Crippen LogP contribution < -0.4 is 0 Å². The van der Waals surface area contributed by atoms with Gasteiger partial charge in [0.25, 0.3) is 0 Å². The molecule has 0 aromatic rings. The quantitative estimate of drug-likeness (QED) is 0.527. The summed E-state index contributed by atoms with van der Waals surface area (Å²) in [6.45, 7) is 15.1. The number of carbonyl (C=O) groups excluding carboxylic acids is 1. The fraction of sp³-hybridized carbons (Fsp3) is 0.774. The largest absolute Gasteiger partial charge is 0.393 e. The van der Waals surface area contributed by atoms with E-state index >= 15 is 0 Å². The van der Waals surface area contributed by atoms with Crippen molar-refractivity contribution in [3.63, 3.8) is 0 Å². The van der Waals surface area contributed by atoms with E-state index < -0.39 is 17.1 Å². The molecule has 6 aliphatic rings. The van der Waals surface area contributed by atoms with Gasteiger partial charge < -0.3 is 14.6 Å². The first kappa shape index (κ1) is 24.1. The van der Waals surface area contributed by atoms with Crippen LogP contribution in [0.2, 0.25) is 0 Å². The predicted octanol–water partition coefficient (Wildman–Crippen LogP) is 6.15. The van der Waals surface area contributed by atoms with Gasteiger partial charge in [-0.25, -0.2) is 0 Å². The molecule has 5 fully saturated rings. The van der Waals surface area contributed by atoms with Gasteiger partial charge in [0.1, 0.15) is 0 Å². The lowest BCUT2D eigenvalue weighted by Gasteiger charge is -2.60. The number of hydrogen-bond acceptors (Lipinski definition) is 4. The maximum Gasteiger partial charge on any atom is 0.168 e. The Hall–Kier alpha value is -1.23. The number of Topliss-reactive ketones (excluding diaryl/α,β-unsaturated/α-hetero) is 1. The summed E-state index contributed by atoms with van der Waals surface area (Å²) in [6.07, 6.45) is 13.2. The number of allylic oxidation sites excluding steroid dienone is 5. The summed E-state index contributed by atoms with van der Waals surface area (Å²) in [5.74, 6) is 1.42. The molecule has 0 aromatic heterocycles. The average molecular weight is 481 g/mol. The van der Waals surface area contributed by atoms with Crippen LogP contribution in [-0.2, 0) is 14.3 Å². The molecule has 1 aliphatic heterocycles. The first-order valence-electron chi connectivity index (χ1n) is 14.0. The van der Waals surface area contributed by atoms with E-state index in [1.54, 1.807) is 0 Å². The number of fused-ring (bicyclic) bond motifs is 7. The van der Waals surface area contributed by atoms with Crippen molar-refractivity contribution in [2.24, 2.45) is 39.9 Å². The fourth-order valence-corrected chi connectivity index (χ4v) is 9.21. The van der Waals surface area contributed by atoms with E-state index in [0.29, 0.717) is 30.6 Å². The second kappa shape index (κ2) is 7.65. The number of rotatable bonds is 3. The molecule has 0 aromatic carbocycles. The van der Waals surface area contributed by atoms with E-state index in [0.717, 1.165) is 37.7 Å². The summed E-state index contributed by atoms with van der Waals surface area (Å²) in [5, 5.41) is 11.9. The molecular formula is C31H44O4. The van der Waals surface area contributed by atoms with Gasteiger partial charge in [-0.15, -0.1) is 0 Å². The molecule has 0 radical (unpaired) electrons. The monoisotopic (exact) mass is 480 g/mol. The second-order valence-corrected chi connectivity index (χ2v) is 14.3. The summed E-state index contributed by atoms with van der Waals surface area (Å²) in [5.41, 5.74) is 0.830. The molecule has 4 nitrogen and oxygen atoms in total. The highest BCUT2D eigenvalue weighted by atomic mass is 16.7. The number of aliphatic hydroxyl groups is 1. The van der Waals surface area contributed by atoms with Crippen molar-refractivity contribution in [1.29, 1.82) is 0 Å². The predicted molar refractivity (Wildman–Crippen MR) is 136 cm³/mol. The number of hydrogen-bond donors (Lipinski definition) is 1. The number of carbonyl (C=O) groups is 1. The Morgan fingerprint density at radius 2 is 1.97 bits per heavy atom. The zero-order valence-corrected chi connectivity index (χ0v) is 22.3. The summed E-state index contributed by atoms with van der Waals surface area (Å²) in [7, 11) is 0. The summed E-state index contributed by atoms with van der Waals surface area (Å²) < 4.78 is 13.6. The molecule has 9 atom stereocenters. The van der Waals surface area contributed by atoms with Gasteiger partial charge in [0.2, 0.25) is 0 Å². The number of ketones is 1. The standard InChI is InChI=1S/C31H44O4/c1-18-12-13-29(5)20(14-18)10-11-21-22-15-25-31(24(33)17-28(2,3)4,30(22,6)16-23(32)26(21)29)35-27(34-25)19-8-7-9-19/h12-14,19,21-23,25-27,32H,1,7-11,15-17H2,2-6H3/t21-,22-,23-,25+,26+,27+,29-,30-,31+/m0/s1. The minimum absolute atomic E-state index is 0.119. The van der Waals surface area contributed by atoms with E-state index in [4.69, 9.17) is 9.47 Å². The van der Waals surface area contributed by atoms with Crippen LogP contribution in [0.25, 0.3) is 0 Å². The summed E-state index contributed by atoms with van der Waals surface area (Å²) >= 11 is 0. The van der Waals surface area contributed by atoms with Gasteiger partial charge in [0.15, 0.2) is 17.7 Å². The van der Waals surface area contributed by atoms with E-state index in [2.05, 4.69) is 59.4 Å². The van der Waals surface area contributed by atoms with E-state index in [1.807, 2.05) is 0 Å². The Kier molecular flexibility index (Phi) is 5.27. The van der Waals surface area contributed by atoms with Crippen molar-refractivity contribution in [2.75, 3.05) is 0 Å². The molecule has 6 rings (SSSR count). The van der Waals surface area contributed by atoms with Gasteiger partial charge in [-0.3, -0.25) is 4.79 Å². The third kappa shape index (κ3) is 3.25. The van der Waals surface area contributed by atoms with Gasteiger partial charge in [0.05, 0.1) is 12.2 Å².